The van der Waals surface area contributed by atoms with Crippen LogP contribution in [-0.4, -0.2) is 10.8 Å². The molecule has 0 amide bonds. The van der Waals surface area contributed by atoms with E-state index in [1.54, 1.807) is 6.92 Å². The molecular formula is C10H15NO. The first-order valence-corrected chi connectivity index (χ1v) is 4.13. The van der Waals surface area contributed by atoms with E-state index < -0.39 is 5.72 Å². The van der Waals surface area contributed by atoms with Crippen LogP contribution in [-0.2, 0) is 6.42 Å². The molecular weight excluding hydrogens is 150 g/mol. The molecule has 1 rings (SSSR count). The molecule has 2 nitrogen and oxygen atoms in total. The summed E-state index contributed by atoms with van der Waals surface area (Å²) in [4.78, 5) is 0. The predicted octanol–water partition coefficient (Wildman–Crippen LogP) is 1.29. The summed E-state index contributed by atoms with van der Waals surface area (Å²) in [6.45, 7) is 1.62. The smallest absolute Gasteiger partial charge is 0.111 e. The van der Waals surface area contributed by atoms with Crippen molar-refractivity contribution in [3.63, 3.8) is 0 Å². The summed E-state index contributed by atoms with van der Waals surface area (Å²) in [5, 5.41) is 9.26. The average molecular weight is 165 g/mol. The molecule has 0 saturated carbocycles. The van der Waals surface area contributed by atoms with E-state index >= 15 is 0 Å². The first-order valence-electron chi connectivity index (χ1n) is 4.13. The van der Waals surface area contributed by atoms with E-state index in [0.717, 1.165) is 6.42 Å². The van der Waals surface area contributed by atoms with Crippen LogP contribution in [0.1, 0.15) is 18.9 Å². The van der Waals surface area contributed by atoms with Crippen molar-refractivity contribution in [1.29, 1.82) is 0 Å². The van der Waals surface area contributed by atoms with Gasteiger partial charge in [-0.25, -0.2) is 0 Å². The largest absolute Gasteiger partial charge is 0.376 e. The Morgan fingerprint density at radius 2 is 1.92 bits per heavy atom. The number of aryl methyl sites for hydroxylation is 1. The molecule has 3 N–H and O–H groups in total. The monoisotopic (exact) mass is 165 g/mol. The molecule has 1 atom stereocenters. The van der Waals surface area contributed by atoms with Gasteiger partial charge in [-0.05, 0) is 25.3 Å². The van der Waals surface area contributed by atoms with Gasteiger partial charge in [0.2, 0.25) is 0 Å². The van der Waals surface area contributed by atoms with Gasteiger partial charge in [-0.3, -0.25) is 0 Å². The number of nitrogens with two attached hydrogens (primary N) is 1. The summed E-state index contributed by atoms with van der Waals surface area (Å²) in [6, 6.07) is 10.0. The Morgan fingerprint density at radius 3 is 2.42 bits per heavy atom. The van der Waals surface area contributed by atoms with Crippen molar-refractivity contribution in [2.24, 2.45) is 5.73 Å². The Morgan fingerprint density at radius 1 is 1.33 bits per heavy atom. The minimum Gasteiger partial charge on any atom is -0.376 e. The Bertz CT molecular complexity index is 225. The standard InChI is InChI=1S/C10H15NO/c1-10(11,12)8-7-9-5-3-2-4-6-9/h2-6,12H,7-8,11H2,1H3/t10-/m1/s1. The van der Waals surface area contributed by atoms with Gasteiger partial charge in [0.05, 0.1) is 0 Å². The van der Waals surface area contributed by atoms with E-state index in [9.17, 15) is 5.11 Å². The van der Waals surface area contributed by atoms with E-state index in [1.807, 2.05) is 30.3 Å². The zero-order valence-corrected chi connectivity index (χ0v) is 7.33. The molecule has 12 heavy (non-hydrogen) atoms. The lowest BCUT2D eigenvalue weighted by atomic mass is 10.0. The number of benzene rings is 1. The van der Waals surface area contributed by atoms with Gasteiger partial charge in [-0.15, -0.1) is 0 Å². The molecule has 0 radical (unpaired) electrons. The molecule has 0 saturated heterocycles. The summed E-state index contributed by atoms with van der Waals surface area (Å²) in [5.41, 5.74) is 5.60. The summed E-state index contributed by atoms with van der Waals surface area (Å²) < 4.78 is 0. The topological polar surface area (TPSA) is 46.2 Å². The fourth-order valence-corrected chi connectivity index (χ4v) is 1.04. The Kier molecular flexibility index (Phi) is 2.84. The van der Waals surface area contributed by atoms with E-state index in [1.165, 1.54) is 5.56 Å². The highest BCUT2D eigenvalue weighted by molar-refractivity contribution is 5.14. The predicted molar refractivity (Wildman–Crippen MR) is 49.6 cm³/mol. The molecule has 1 aromatic carbocycles. The third-order valence-corrected chi connectivity index (χ3v) is 1.76. The molecule has 0 aliphatic carbocycles. The number of rotatable bonds is 3. The van der Waals surface area contributed by atoms with Gasteiger partial charge < -0.3 is 10.8 Å². The second-order valence-electron chi connectivity index (χ2n) is 3.34. The number of aliphatic hydroxyl groups is 1. The molecule has 0 aliphatic heterocycles. The number of hydrogen-bond donors (Lipinski definition) is 2. The second-order valence-corrected chi connectivity index (χ2v) is 3.34. The lowest BCUT2D eigenvalue weighted by Crippen LogP contribution is -2.35. The van der Waals surface area contributed by atoms with E-state index in [2.05, 4.69) is 0 Å². The minimum atomic E-state index is -1.05. The van der Waals surface area contributed by atoms with Crippen LogP contribution in [0.4, 0.5) is 0 Å². The fraction of sp³-hybridized carbons (Fsp3) is 0.400. The third kappa shape index (κ3) is 3.51. The first kappa shape index (κ1) is 9.23. The van der Waals surface area contributed by atoms with Crippen molar-refractivity contribution in [3.8, 4) is 0 Å². The third-order valence-electron chi connectivity index (χ3n) is 1.76. The molecule has 0 fully saturated rings. The maximum absolute atomic E-state index is 9.26. The normalized spacial score (nSPS) is 15.6. The molecule has 66 valence electrons. The zero-order valence-electron chi connectivity index (χ0n) is 7.33. The van der Waals surface area contributed by atoms with Crippen LogP contribution in [0.3, 0.4) is 0 Å². The fourth-order valence-electron chi connectivity index (χ4n) is 1.04. The van der Waals surface area contributed by atoms with Crippen molar-refractivity contribution in [3.05, 3.63) is 35.9 Å². The molecule has 0 aromatic heterocycles. The molecule has 0 bridgehead atoms. The van der Waals surface area contributed by atoms with Crippen LogP contribution in [0.5, 0.6) is 0 Å². The second kappa shape index (κ2) is 3.70. The molecule has 0 unspecified atom stereocenters. The molecule has 0 heterocycles. The molecule has 0 spiro atoms. The summed E-state index contributed by atoms with van der Waals surface area (Å²) >= 11 is 0. The van der Waals surface area contributed by atoms with Crippen LogP contribution in [0, 0.1) is 0 Å². The van der Waals surface area contributed by atoms with Crippen molar-refractivity contribution >= 4 is 0 Å². The number of hydrogen-bond acceptors (Lipinski definition) is 2. The highest BCUT2D eigenvalue weighted by atomic mass is 16.3. The van der Waals surface area contributed by atoms with Crippen LogP contribution in [0.25, 0.3) is 0 Å². The quantitative estimate of drug-likeness (QED) is 0.663. The molecule has 2 heteroatoms. The maximum Gasteiger partial charge on any atom is 0.111 e. The van der Waals surface area contributed by atoms with Crippen LogP contribution < -0.4 is 5.73 Å². The van der Waals surface area contributed by atoms with Gasteiger partial charge in [-0.1, -0.05) is 30.3 Å². The van der Waals surface area contributed by atoms with Crippen LogP contribution >= 0.6 is 0 Å². The van der Waals surface area contributed by atoms with E-state index in [-0.39, 0.29) is 0 Å². The van der Waals surface area contributed by atoms with Crippen molar-refractivity contribution in [2.75, 3.05) is 0 Å². The lowest BCUT2D eigenvalue weighted by Gasteiger charge is -2.16. The van der Waals surface area contributed by atoms with Gasteiger partial charge in [-0.2, -0.15) is 0 Å². The van der Waals surface area contributed by atoms with Crippen molar-refractivity contribution in [1.82, 2.24) is 0 Å². The van der Waals surface area contributed by atoms with E-state index in [0.29, 0.717) is 6.42 Å². The van der Waals surface area contributed by atoms with Crippen LogP contribution in [0.2, 0.25) is 0 Å². The first-order chi connectivity index (χ1) is 5.58. The van der Waals surface area contributed by atoms with Crippen molar-refractivity contribution < 1.29 is 5.11 Å². The zero-order chi connectivity index (χ0) is 9.03. The van der Waals surface area contributed by atoms with Crippen molar-refractivity contribution in [2.45, 2.75) is 25.5 Å². The summed E-state index contributed by atoms with van der Waals surface area (Å²) in [5.74, 6) is 0. The minimum absolute atomic E-state index is 0.594. The van der Waals surface area contributed by atoms with Gasteiger partial charge in [0, 0.05) is 0 Å². The SMILES string of the molecule is C[C@@](N)(O)CCc1ccccc1. The van der Waals surface area contributed by atoms with E-state index in [4.69, 9.17) is 5.73 Å². The highest BCUT2D eigenvalue weighted by Gasteiger charge is 2.11. The van der Waals surface area contributed by atoms with Crippen LogP contribution in [0.15, 0.2) is 30.3 Å². The van der Waals surface area contributed by atoms with Gasteiger partial charge in [0.25, 0.3) is 0 Å². The maximum atomic E-state index is 9.26. The Labute approximate surface area is 73.0 Å². The summed E-state index contributed by atoms with van der Waals surface area (Å²) in [7, 11) is 0. The van der Waals surface area contributed by atoms with Gasteiger partial charge in [0.15, 0.2) is 0 Å². The molecule has 0 aliphatic rings. The Balaban J connectivity index is 2.44. The van der Waals surface area contributed by atoms with Gasteiger partial charge >= 0.3 is 0 Å². The lowest BCUT2D eigenvalue weighted by molar-refractivity contribution is 0.0583. The van der Waals surface area contributed by atoms with Gasteiger partial charge in [0.1, 0.15) is 5.72 Å². The Hall–Kier alpha value is -0.860. The summed E-state index contributed by atoms with van der Waals surface area (Å²) in [6.07, 6.45) is 1.42. The molecule has 1 aromatic rings. The average Bonchev–Trinajstić information content (AvgIpc) is 2.02. The highest BCUT2D eigenvalue weighted by Crippen LogP contribution is 2.08.